The number of hydrogen-bond donors (Lipinski definition) is 1. The van der Waals surface area contributed by atoms with E-state index in [0.29, 0.717) is 15.2 Å². The maximum atomic E-state index is 11.5. The molecule has 0 aliphatic carbocycles. The monoisotopic (exact) mass is 316 g/mol. The van der Waals surface area contributed by atoms with Crippen molar-refractivity contribution in [3.05, 3.63) is 38.6 Å². The van der Waals surface area contributed by atoms with Gasteiger partial charge in [-0.3, -0.25) is 4.79 Å². The summed E-state index contributed by atoms with van der Waals surface area (Å²) < 4.78 is 0. The Kier molecular flexibility index (Phi) is 4.79. The molecular formula is C11H10Cl2N4OS. The lowest BCUT2D eigenvalue weighted by Gasteiger charge is -2.04. The van der Waals surface area contributed by atoms with Crippen LogP contribution in [0.5, 0.6) is 0 Å². The summed E-state index contributed by atoms with van der Waals surface area (Å²) in [6, 6.07) is 1.49. The van der Waals surface area contributed by atoms with Gasteiger partial charge >= 0.3 is 0 Å². The number of aromatic amines is 1. The molecule has 5 nitrogen and oxygen atoms in total. The number of H-pyrrole nitrogens is 1. The average Bonchev–Trinajstić information content (AvgIpc) is 2.33. The van der Waals surface area contributed by atoms with Crippen molar-refractivity contribution in [2.45, 2.75) is 29.9 Å². The number of aryl methyl sites for hydroxylation is 1. The number of nitrogens with zero attached hydrogens (tertiary/aromatic N) is 3. The molecule has 0 aliphatic rings. The van der Waals surface area contributed by atoms with Crippen molar-refractivity contribution in [1.82, 2.24) is 19.9 Å². The Hall–Kier alpha value is -1.11. The first-order valence-electron chi connectivity index (χ1n) is 5.54. The highest BCUT2D eigenvalue weighted by atomic mass is 35.5. The second-order valence-corrected chi connectivity index (χ2v) is 5.41. The fourth-order valence-corrected chi connectivity index (χ4v) is 2.58. The number of rotatable bonds is 4. The number of hydrogen-bond acceptors (Lipinski definition) is 5. The van der Waals surface area contributed by atoms with Gasteiger partial charge in [0.2, 0.25) is 5.28 Å². The Labute approximate surface area is 123 Å². The molecule has 0 radical (unpaired) electrons. The molecule has 0 fully saturated rings. The van der Waals surface area contributed by atoms with E-state index in [1.807, 2.05) is 6.92 Å². The number of nitrogens with one attached hydrogen (secondary N) is 1. The molecular weight excluding hydrogens is 307 g/mol. The zero-order valence-electron chi connectivity index (χ0n) is 9.98. The Bertz CT molecular complexity index is 647. The van der Waals surface area contributed by atoms with Crippen molar-refractivity contribution in [3.63, 3.8) is 0 Å². The molecule has 0 saturated carbocycles. The number of halogens is 2. The fourth-order valence-electron chi connectivity index (χ4n) is 1.41. The van der Waals surface area contributed by atoms with Gasteiger partial charge in [0.25, 0.3) is 5.56 Å². The maximum absolute atomic E-state index is 11.5. The van der Waals surface area contributed by atoms with Crippen LogP contribution in [0.2, 0.25) is 10.3 Å². The van der Waals surface area contributed by atoms with Crippen molar-refractivity contribution < 1.29 is 0 Å². The summed E-state index contributed by atoms with van der Waals surface area (Å²) in [4.78, 5) is 26.3. The molecule has 0 aliphatic heterocycles. The largest absolute Gasteiger partial charge is 0.301 e. The molecule has 2 rings (SSSR count). The third kappa shape index (κ3) is 3.92. The normalized spacial score (nSPS) is 10.7. The Morgan fingerprint density at radius 1 is 1.37 bits per heavy atom. The predicted octanol–water partition coefficient (Wildman–Crippen LogP) is 2.97. The molecule has 0 atom stereocenters. The van der Waals surface area contributed by atoms with Gasteiger partial charge in [0, 0.05) is 11.8 Å². The first kappa shape index (κ1) is 14.3. The first-order valence-corrected chi connectivity index (χ1v) is 7.12. The van der Waals surface area contributed by atoms with Crippen LogP contribution in [0, 0.1) is 0 Å². The summed E-state index contributed by atoms with van der Waals surface area (Å²) in [5.41, 5.74) is 0.544. The highest BCUT2D eigenvalue weighted by molar-refractivity contribution is 7.99. The number of aromatic nitrogens is 4. The minimum absolute atomic E-state index is 0.0963. The van der Waals surface area contributed by atoms with E-state index >= 15 is 0 Å². The minimum Gasteiger partial charge on any atom is -0.301 e. The summed E-state index contributed by atoms with van der Waals surface area (Å²) in [5.74, 6) is 0. The minimum atomic E-state index is -0.197. The van der Waals surface area contributed by atoms with Crippen LogP contribution in [0.15, 0.2) is 27.2 Å². The van der Waals surface area contributed by atoms with Gasteiger partial charge in [-0.15, -0.1) is 0 Å². The standard InChI is InChI=1S/C11H10Cl2N4OS/c1-2-3-6-4-8(18)16-11(15-6)19-9-7(12)5-14-10(13)17-9/h4-5H,2-3H2,1H3,(H,15,16,18). The van der Waals surface area contributed by atoms with Crippen molar-refractivity contribution in [2.24, 2.45) is 0 Å². The SMILES string of the molecule is CCCc1cc(=O)[nH]c(Sc2nc(Cl)ncc2Cl)n1. The van der Waals surface area contributed by atoms with E-state index in [1.54, 1.807) is 0 Å². The van der Waals surface area contributed by atoms with Gasteiger partial charge < -0.3 is 4.98 Å². The van der Waals surface area contributed by atoms with E-state index in [1.165, 1.54) is 12.3 Å². The smallest absolute Gasteiger partial charge is 0.251 e. The molecule has 0 spiro atoms. The van der Waals surface area contributed by atoms with Gasteiger partial charge in [-0.05, 0) is 29.8 Å². The molecule has 1 N–H and O–H groups in total. The van der Waals surface area contributed by atoms with E-state index in [0.717, 1.165) is 30.3 Å². The van der Waals surface area contributed by atoms with Crippen molar-refractivity contribution in [2.75, 3.05) is 0 Å². The highest BCUT2D eigenvalue weighted by Gasteiger charge is 2.09. The molecule has 2 aromatic heterocycles. The van der Waals surface area contributed by atoms with Gasteiger partial charge in [-0.25, -0.2) is 15.0 Å². The third-order valence-corrected chi connectivity index (χ3v) is 3.62. The second kappa shape index (κ2) is 6.36. The molecule has 8 heteroatoms. The van der Waals surface area contributed by atoms with Gasteiger partial charge in [0.15, 0.2) is 5.16 Å². The maximum Gasteiger partial charge on any atom is 0.251 e. The van der Waals surface area contributed by atoms with Gasteiger partial charge in [0.1, 0.15) is 5.03 Å². The fraction of sp³-hybridized carbons (Fsp3) is 0.273. The lowest BCUT2D eigenvalue weighted by Crippen LogP contribution is -2.10. The van der Waals surface area contributed by atoms with Crippen LogP contribution >= 0.6 is 35.0 Å². The van der Waals surface area contributed by atoms with Crippen LogP contribution < -0.4 is 5.56 Å². The van der Waals surface area contributed by atoms with Crippen molar-refractivity contribution in [3.8, 4) is 0 Å². The molecule has 0 amide bonds. The molecule has 0 aromatic carbocycles. The van der Waals surface area contributed by atoms with Gasteiger partial charge in [-0.1, -0.05) is 24.9 Å². The topological polar surface area (TPSA) is 71.5 Å². The van der Waals surface area contributed by atoms with Gasteiger partial charge in [-0.2, -0.15) is 0 Å². The average molecular weight is 317 g/mol. The quantitative estimate of drug-likeness (QED) is 0.693. The Morgan fingerprint density at radius 2 is 2.16 bits per heavy atom. The molecule has 19 heavy (non-hydrogen) atoms. The Balaban J connectivity index is 2.32. The van der Waals surface area contributed by atoms with Crippen molar-refractivity contribution in [1.29, 1.82) is 0 Å². The molecule has 2 aromatic rings. The lowest BCUT2D eigenvalue weighted by atomic mass is 10.2. The molecule has 100 valence electrons. The molecule has 0 bridgehead atoms. The summed E-state index contributed by atoms with van der Waals surface area (Å²) >= 11 is 12.8. The lowest BCUT2D eigenvalue weighted by molar-refractivity contribution is 0.815. The zero-order valence-corrected chi connectivity index (χ0v) is 12.3. The van der Waals surface area contributed by atoms with Gasteiger partial charge in [0.05, 0.1) is 11.2 Å². The van der Waals surface area contributed by atoms with E-state index in [2.05, 4.69) is 19.9 Å². The zero-order chi connectivity index (χ0) is 13.8. The van der Waals surface area contributed by atoms with Crippen LogP contribution in [-0.4, -0.2) is 19.9 Å². The molecule has 2 heterocycles. The third-order valence-electron chi connectivity index (χ3n) is 2.16. The molecule has 0 unspecified atom stereocenters. The summed E-state index contributed by atoms with van der Waals surface area (Å²) in [6.45, 7) is 2.02. The Morgan fingerprint density at radius 3 is 2.89 bits per heavy atom. The molecule has 0 saturated heterocycles. The highest BCUT2D eigenvalue weighted by Crippen LogP contribution is 2.29. The first-order chi connectivity index (χ1) is 9.08. The van der Waals surface area contributed by atoms with Crippen LogP contribution in [0.3, 0.4) is 0 Å². The second-order valence-electron chi connectivity index (χ2n) is 3.69. The van der Waals surface area contributed by atoms with Crippen LogP contribution in [-0.2, 0) is 6.42 Å². The van der Waals surface area contributed by atoms with E-state index in [4.69, 9.17) is 23.2 Å². The summed E-state index contributed by atoms with van der Waals surface area (Å²) in [7, 11) is 0. The predicted molar refractivity (Wildman–Crippen MR) is 75.0 cm³/mol. The van der Waals surface area contributed by atoms with Crippen LogP contribution in [0.1, 0.15) is 19.0 Å². The van der Waals surface area contributed by atoms with Crippen molar-refractivity contribution >= 4 is 35.0 Å². The van der Waals surface area contributed by atoms with E-state index in [9.17, 15) is 4.79 Å². The van der Waals surface area contributed by atoms with E-state index < -0.39 is 0 Å². The van der Waals surface area contributed by atoms with Crippen LogP contribution in [0.25, 0.3) is 0 Å². The van der Waals surface area contributed by atoms with Crippen LogP contribution in [0.4, 0.5) is 0 Å². The summed E-state index contributed by atoms with van der Waals surface area (Å²) in [5, 5.41) is 1.35. The summed E-state index contributed by atoms with van der Waals surface area (Å²) in [6.07, 6.45) is 3.07. The van der Waals surface area contributed by atoms with E-state index in [-0.39, 0.29) is 10.8 Å².